The van der Waals surface area contributed by atoms with Gasteiger partial charge in [-0.15, -0.1) is 11.3 Å². The van der Waals surface area contributed by atoms with Crippen molar-refractivity contribution in [2.75, 3.05) is 0 Å². The zero-order valence-electron chi connectivity index (χ0n) is 8.37. The zero-order valence-corrected chi connectivity index (χ0v) is 9.19. The summed E-state index contributed by atoms with van der Waals surface area (Å²) in [6.07, 6.45) is 6.41. The molecule has 2 heteroatoms. The number of thiophene rings is 1. The number of Topliss-reactive ketones (excluding diaryl/α,β-unsaturated/α-hetero) is 1. The number of ketones is 1. The lowest BCUT2D eigenvalue weighted by Crippen LogP contribution is -2.15. The fraction of sp³-hybridized carbons (Fsp3) is 0.583. The van der Waals surface area contributed by atoms with Crippen molar-refractivity contribution >= 4 is 17.1 Å². The molecule has 1 nitrogen and oxygen atoms in total. The van der Waals surface area contributed by atoms with E-state index >= 15 is 0 Å². The van der Waals surface area contributed by atoms with Crippen molar-refractivity contribution in [3.05, 3.63) is 22.4 Å². The van der Waals surface area contributed by atoms with Crippen molar-refractivity contribution in [1.82, 2.24) is 0 Å². The van der Waals surface area contributed by atoms with Crippen LogP contribution in [0.2, 0.25) is 0 Å². The largest absolute Gasteiger partial charge is 0.300 e. The molecule has 76 valence electrons. The number of hydrogen-bond acceptors (Lipinski definition) is 2. The molecule has 1 aliphatic carbocycles. The Morgan fingerprint density at radius 3 is 3.14 bits per heavy atom. The first-order valence-electron chi connectivity index (χ1n) is 5.38. The average Bonchev–Trinajstić information content (AvgIpc) is 2.67. The number of hydrogen-bond donors (Lipinski definition) is 0. The third kappa shape index (κ3) is 2.68. The molecule has 1 saturated carbocycles. The molecule has 0 spiro atoms. The van der Waals surface area contributed by atoms with Crippen LogP contribution < -0.4 is 0 Å². The molecule has 1 unspecified atom stereocenters. The van der Waals surface area contributed by atoms with Gasteiger partial charge in [0.15, 0.2) is 0 Å². The Labute approximate surface area is 89.1 Å². The smallest absolute Gasteiger partial charge is 0.133 e. The summed E-state index contributed by atoms with van der Waals surface area (Å²) in [5.41, 5.74) is 0. The van der Waals surface area contributed by atoms with Gasteiger partial charge in [-0.05, 0) is 43.0 Å². The highest BCUT2D eigenvalue weighted by molar-refractivity contribution is 7.09. The molecule has 0 aromatic carbocycles. The molecule has 0 saturated heterocycles. The summed E-state index contributed by atoms with van der Waals surface area (Å²) in [4.78, 5) is 12.7. The van der Waals surface area contributed by atoms with Crippen molar-refractivity contribution in [2.45, 2.75) is 38.5 Å². The Morgan fingerprint density at radius 1 is 1.50 bits per heavy atom. The second kappa shape index (κ2) is 4.74. The van der Waals surface area contributed by atoms with Gasteiger partial charge in [-0.25, -0.2) is 0 Å². The fourth-order valence-electron chi connectivity index (χ4n) is 2.16. The predicted octanol–water partition coefficient (Wildman–Crippen LogP) is 3.44. The summed E-state index contributed by atoms with van der Waals surface area (Å²) in [6.45, 7) is 0. The van der Waals surface area contributed by atoms with Crippen LogP contribution in [0.3, 0.4) is 0 Å². The zero-order chi connectivity index (χ0) is 9.80. The lowest BCUT2D eigenvalue weighted by atomic mass is 9.85. The highest BCUT2D eigenvalue weighted by atomic mass is 32.1. The number of rotatable bonds is 3. The molecule has 14 heavy (non-hydrogen) atoms. The van der Waals surface area contributed by atoms with E-state index in [4.69, 9.17) is 0 Å². The molecule has 0 aliphatic heterocycles. The first-order valence-corrected chi connectivity index (χ1v) is 6.26. The average molecular weight is 208 g/mol. The molecule has 1 aromatic rings. The van der Waals surface area contributed by atoms with E-state index in [1.165, 1.54) is 17.7 Å². The monoisotopic (exact) mass is 208 g/mol. The van der Waals surface area contributed by atoms with Crippen molar-refractivity contribution < 1.29 is 4.79 Å². The number of carbonyl (C=O) groups is 1. The Kier molecular flexibility index (Phi) is 3.35. The molecule has 2 rings (SSSR count). The van der Waals surface area contributed by atoms with Gasteiger partial charge >= 0.3 is 0 Å². The maximum absolute atomic E-state index is 11.2. The number of aryl methyl sites for hydroxylation is 1. The van der Waals surface area contributed by atoms with Gasteiger partial charge < -0.3 is 0 Å². The van der Waals surface area contributed by atoms with E-state index in [0.29, 0.717) is 11.7 Å². The standard InChI is InChI=1S/C12H16OS/c13-11-4-1-3-10(9-11)6-7-12-5-2-8-14-12/h2,5,8,10H,1,3-4,6-7,9H2. The second-order valence-electron chi connectivity index (χ2n) is 4.12. The van der Waals surface area contributed by atoms with Gasteiger partial charge in [0.05, 0.1) is 0 Å². The Morgan fingerprint density at radius 2 is 2.43 bits per heavy atom. The van der Waals surface area contributed by atoms with Gasteiger partial charge in [0.25, 0.3) is 0 Å². The van der Waals surface area contributed by atoms with E-state index in [1.807, 2.05) is 11.3 Å². The predicted molar refractivity (Wildman–Crippen MR) is 59.6 cm³/mol. The van der Waals surface area contributed by atoms with Crippen LogP contribution in [0.1, 0.15) is 37.0 Å². The summed E-state index contributed by atoms with van der Waals surface area (Å²) < 4.78 is 0. The quantitative estimate of drug-likeness (QED) is 0.743. The number of carbonyl (C=O) groups excluding carboxylic acids is 1. The molecular formula is C12H16OS. The molecule has 1 fully saturated rings. The third-order valence-corrected chi connectivity index (χ3v) is 3.90. The Balaban J connectivity index is 1.77. The summed E-state index contributed by atoms with van der Waals surface area (Å²) in [5.74, 6) is 1.14. The lowest BCUT2D eigenvalue weighted by molar-refractivity contribution is -0.121. The summed E-state index contributed by atoms with van der Waals surface area (Å²) >= 11 is 1.83. The minimum absolute atomic E-state index is 0.479. The molecule has 0 bridgehead atoms. The fourth-order valence-corrected chi connectivity index (χ4v) is 2.89. The van der Waals surface area contributed by atoms with E-state index in [2.05, 4.69) is 17.5 Å². The van der Waals surface area contributed by atoms with Crippen molar-refractivity contribution in [1.29, 1.82) is 0 Å². The van der Waals surface area contributed by atoms with Crippen LogP contribution in [0.4, 0.5) is 0 Å². The van der Waals surface area contributed by atoms with Crippen LogP contribution >= 0.6 is 11.3 Å². The van der Waals surface area contributed by atoms with E-state index in [1.54, 1.807) is 0 Å². The minimum atomic E-state index is 0.479. The molecule has 1 aliphatic rings. The molecule has 0 amide bonds. The van der Waals surface area contributed by atoms with E-state index in [-0.39, 0.29) is 0 Å². The van der Waals surface area contributed by atoms with Gasteiger partial charge in [-0.1, -0.05) is 6.07 Å². The molecule has 0 radical (unpaired) electrons. The van der Waals surface area contributed by atoms with Crippen LogP contribution in [0, 0.1) is 5.92 Å². The molecule has 1 atom stereocenters. The summed E-state index contributed by atoms with van der Waals surface area (Å²) in [6, 6.07) is 4.29. The Bertz CT molecular complexity index is 289. The van der Waals surface area contributed by atoms with Gasteiger partial charge in [-0.2, -0.15) is 0 Å². The van der Waals surface area contributed by atoms with Crippen molar-refractivity contribution in [3.8, 4) is 0 Å². The van der Waals surface area contributed by atoms with Crippen LogP contribution in [-0.2, 0) is 11.2 Å². The van der Waals surface area contributed by atoms with Gasteiger partial charge in [0.1, 0.15) is 5.78 Å². The van der Waals surface area contributed by atoms with Crippen LogP contribution in [0.15, 0.2) is 17.5 Å². The molecule has 0 N–H and O–H groups in total. The van der Waals surface area contributed by atoms with Crippen molar-refractivity contribution in [3.63, 3.8) is 0 Å². The minimum Gasteiger partial charge on any atom is -0.300 e. The van der Waals surface area contributed by atoms with E-state index in [0.717, 1.165) is 25.7 Å². The first kappa shape index (κ1) is 9.91. The summed E-state index contributed by atoms with van der Waals surface area (Å²) in [5, 5.41) is 2.13. The van der Waals surface area contributed by atoms with Gasteiger partial charge in [0, 0.05) is 17.7 Å². The summed E-state index contributed by atoms with van der Waals surface area (Å²) in [7, 11) is 0. The van der Waals surface area contributed by atoms with Crippen LogP contribution in [-0.4, -0.2) is 5.78 Å². The van der Waals surface area contributed by atoms with Crippen LogP contribution in [0.5, 0.6) is 0 Å². The maximum Gasteiger partial charge on any atom is 0.133 e. The molecule has 1 aromatic heterocycles. The maximum atomic E-state index is 11.2. The topological polar surface area (TPSA) is 17.1 Å². The van der Waals surface area contributed by atoms with Crippen LogP contribution in [0.25, 0.3) is 0 Å². The van der Waals surface area contributed by atoms with Gasteiger partial charge in [0.2, 0.25) is 0 Å². The molecular weight excluding hydrogens is 192 g/mol. The van der Waals surface area contributed by atoms with E-state index < -0.39 is 0 Å². The lowest BCUT2D eigenvalue weighted by Gasteiger charge is -2.20. The Hall–Kier alpha value is -0.630. The highest BCUT2D eigenvalue weighted by Crippen LogP contribution is 2.26. The molecule has 1 heterocycles. The SMILES string of the molecule is O=C1CCCC(CCc2cccs2)C1. The van der Waals surface area contributed by atoms with Crippen molar-refractivity contribution in [2.24, 2.45) is 5.92 Å². The van der Waals surface area contributed by atoms with E-state index in [9.17, 15) is 4.79 Å². The van der Waals surface area contributed by atoms with Gasteiger partial charge in [-0.3, -0.25) is 4.79 Å². The highest BCUT2D eigenvalue weighted by Gasteiger charge is 2.18. The normalized spacial score (nSPS) is 22.6. The first-order chi connectivity index (χ1) is 6.84. The third-order valence-electron chi connectivity index (χ3n) is 2.96. The second-order valence-corrected chi connectivity index (χ2v) is 5.15.